The van der Waals surface area contributed by atoms with Gasteiger partial charge in [0.25, 0.3) is 5.91 Å². The zero-order chi connectivity index (χ0) is 23.2. The number of nitrogens with one attached hydrogen (secondary N) is 1. The smallest absolute Gasteiger partial charge is 0.255 e. The van der Waals surface area contributed by atoms with E-state index in [-0.39, 0.29) is 34.0 Å². The van der Waals surface area contributed by atoms with Gasteiger partial charge in [0, 0.05) is 11.1 Å². The van der Waals surface area contributed by atoms with Gasteiger partial charge in [0.2, 0.25) is 5.12 Å². The molecule has 0 fully saturated rings. The molecule has 0 saturated heterocycles. The van der Waals surface area contributed by atoms with E-state index < -0.39 is 27.1 Å². The second kappa shape index (κ2) is 7.53. The predicted octanol–water partition coefficient (Wildman–Crippen LogP) is 2.39. The number of benzene rings is 2. The summed E-state index contributed by atoms with van der Waals surface area (Å²) in [5.74, 6) is -1.71. The van der Waals surface area contributed by atoms with Crippen molar-refractivity contribution in [3.05, 3.63) is 58.9 Å². The van der Waals surface area contributed by atoms with E-state index in [1.165, 1.54) is 31.2 Å². The van der Waals surface area contributed by atoms with Crippen molar-refractivity contribution in [1.82, 2.24) is 0 Å². The molecule has 0 aromatic heterocycles. The number of aliphatic hydroxyl groups is 2. The highest BCUT2D eigenvalue weighted by Crippen LogP contribution is 2.51. The number of rotatable bonds is 3. The van der Waals surface area contributed by atoms with Gasteiger partial charge in [-0.25, -0.2) is 4.39 Å². The number of nitrogens with two attached hydrogens (primary N) is 1. The number of nitriles is 1. The van der Waals surface area contributed by atoms with Crippen molar-refractivity contribution in [1.29, 1.82) is 5.26 Å². The molecule has 1 aliphatic heterocycles. The van der Waals surface area contributed by atoms with Crippen molar-refractivity contribution < 1.29 is 24.5 Å². The Kier molecular flexibility index (Phi) is 5.48. The second-order valence-corrected chi connectivity index (χ2v) is 9.58. The summed E-state index contributed by atoms with van der Waals surface area (Å²) in [4.78, 5) is 16.9. The van der Waals surface area contributed by atoms with Crippen LogP contribution in [0.4, 0.5) is 10.1 Å². The Bertz CT molecular complexity index is 1140. The molecule has 0 spiro atoms. The van der Waals surface area contributed by atoms with E-state index in [0.717, 1.165) is 12.1 Å². The van der Waals surface area contributed by atoms with Crippen LogP contribution in [0, 0.1) is 17.1 Å². The summed E-state index contributed by atoms with van der Waals surface area (Å²) < 4.78 is 13.9. The van der Waals surface area contributed by atoms with E-state index >= 15 is 0 Å². The third-order valence-electron chi connectivity index (χ3n) is 5.12. The molecule has 0 aliphatic carbocycles. The number of anilines is 1. The molecule has 1 aliphatic rings. The molecule has 8 nitrogen and oxygen atoms in total. The normalized spacial score (nSPS) is 21.6. The van der Waals surface area contributed by atoms with Crippen LogP contribution >= 0.6 is 11.8 Å². The molecule has 0 saturated carbocycles. The molecule has 1 atom stereocenters. The lowest BCUT2D eigenvalue weighted by Gasteiger charge is -2.46. The predicted molar refractivity (Wildman–Crippen MR) is 115 cm³/mol. The minimum atomic E-state index is -2.51. The highest BCUT2D eigenvalue weighted by Gasteiger charge is 2.56. The van der Waals surface area contributed by atoms with E-state index in [1.54, 1.807) is 13.8 Å². The monoisotopic (exact) mass is 444 g/mol. The maximum absolute atomic E-state index is 14.8. The van der Waals surface area contributed by atoms with Gasteiger partial charge >= 0.3 is 0 Å². The third kappa shape index (κ3) is 3.95. The Morgan fingerprint density at radius 2 is 1.90 bits per heavy atom. The molecule has 0 unspecified atom stereocenters. The van der Waals surface area contributed by atoms with Crippen LogP contribution in [0.15, 0.2) is 41.4 Å². The van der Waals surface area contributed by atoms with E-state index in [0.29, 0.717) is 11.8 Å². The van der Waals surface area contributed by atoms with Crippen molar-refractivity contribution in [3.63, 3.8) is 0 Å². The van der Waals surface area contributed by atoms with Crippen molar-refractivity contribution >= 4 is 29.2 Å². The van der Waals surface area contributed by atoms with Crippen molar-refractivity contribution in [3.8, 4) is 11.8 Å². The lowest BCUT2D eigenvalue weighted by molar-refractivity contribution is -0.130. The minimum Gasteiger partial charge on any atom is -0.506 e. The summed E-state index contributed by atoms with van der Waals surface area (Å²) in [7, 11) is 0. The number of nitrogens with zero attached hydrogens (tertiary/aromatic N) is 2. The molecule has 1 amide bonds. The Hall–Kier alpha value is -3.13. The number of phenols is 1. The average molecular weight is 444 g/mol. The molecule has 31 heavy (non-hydrogen) atoms. The SMILES string of the molecule is CC1(C)SC(O)(O)[C@@](C)(c2cc(C(=O)Nc3ccc(C#N)cc3O)ccc2F)N=C1N. The van der Waals surface area contributed by atoms with Crippen LogP contribution in [-0.4, -0.2) is 36.9 Å². The summed E-state index contributed by atoms with van der Waals surface area (Å²) in [6.07, 6.45) is 0. The molecule has 1 heterocycles. The maximum atomic E-state index is 14.8. The number of hydrogen-bond donors (Lipinski definition) is 5. The van der Waals surface area contributed by atoms with Crippen LogP contribution in [0.1, 0.15) is 42.3 Å². The van der Waals surface area contributed by atoms with E-state index in [1.807, 2.05) is 6.07 Å². The highest BCUT2D eigenvalue weighted by molar-refractivity contribution is 8.02. The molecular weight excluding hydrogens is 423 g/mol. The zero-order valence-electron chi connectivity index (χ0n) is 17.0. The zero-order valence-corrected chi connectivity index (χ0v) is 17.8. The Morgan fingerprint density at radius 3 is 2.52 bits per heavy atom. The van der Waals surface area contributed by atoms with Crippen LogP contribution < -0.4 is 11.1 Å². The molecular formula is C21H21FN4O4S. The fraction of sp³-hybridized carbons (Fsp3) is 0.286. The molecule has 3 rings (SSSR count). The van der Waals surface area contributed by atoms with Gasteiger partial charge in [-0.1, -0.05) is 11.8 Å². The number of halogens is 1. The fourth-order valence-electron chi connectivity index (χ4n) is 3.13. The van der Waals surface area contributed by atoms with Gasteiger partial charge in [0.15, 0.2) is 5.54 Å². The van der Waals surface area contributed by atoms with Gasteiger partial charge in [-0.2, -0.15) is 5.26 Å². The van der Waals surface area contributed by atoms with Gasteiger partial charge in [-0.15, -0.1) is 0 Å². The number of aliphatic imine (C=N–C) groups is 1. The first-order chi connectivity index (χ1) is 14.3. The summed E-state index contributed by atoms with van der Waals surface area (Å²) in [5.41, 5.74) is 4.11. The van der Waals surface area contributed by atoms with Gasteiger partial charge in [-0.05, 0) is 57.2 Å². The van der Waals surface area contributed by atoms with Crippen LogP contribution in [0.25, 0.3) is 0 Å². The summed E-state index contributed by atoms with van der Waals surface area (Å²) >= 11 is 0.715. The number of aromatic hydroxyl groups is 1. The van der Waals surface area contributed by atoms with E-state index in [2.05, 4.69) is 10.3 Å². The summed E-state index contributed by atoms with van der Waals surface area (Å²) in [5, 5.41) is 40.2. The van der Waals surface area contributed by atoms with Crippen molar-refractivity contribution in [2.24, 2.45) is 10.7 Å². The first kappa shape index (κ1) is 22.6. The summed E-state index contributed by atoms with van der Waals surface area (Å²) in [6.45, 7) is 4.62. The van der Waals surface area contributed by atoms with Gasteiger partial charge in [0.1, 0.15) is 17.4 Å². The lowest BCUT2D eigenvalue weighted by Crippen LogP contribution is -2.57. The van der Waals surface area contributed by atoms with Crippen LogP contribution in [0.5, 0.6) is 5.75 Å². The number of amidine groups is 1. The Balaban J connectivity index is 2.02. The summed E-state index contributed by atoms with van der Waals surface area (Å²) in [6, 6.07) is 9.21. The van der Waals surface area contributed by atoms with Crippen LogP contribution in [0.3, 0.4) is 0 Å². The molecule has 2 aromatic carbocycles. The largest absolute Gasteiger partial charge is 0.506 e. The number of amides is 1. The Morgan fingerprint density at radius 1 is 1.23 bits per heavy atom. The highest BCUT2D eigenvalue weighted by atomic mass is 32.2. The van der Waals surface area contributed by atoms with Gasteiger partial charge in [-0.3, -0.25) is 9.79 Å². The number of phenolic OH excluding ortho intramolecular Hbond substituents is 1. The Labute approximate surface area is 182 Å². The van der Waals surface area contributed by atoms with Crippen LogP contribution in [-0.2, 0) is 5.54 Å². The molecule has 0 radical (unpaired) electrons. The quantitative estimate of drug-likeness (QED) is 0.360. The standard InChI is InChI=1S/C21H21FN4O4S/c1-19(2)18(24)26-20(3,21(29,30)31-19)13-9-12(5-6-14(13)22)17(28)25-15-7-4-11(10-23)8-16(15)27/h4-9,27,29-30H,1-3H3,(H2,24,26)(H,25,28)/t20-/m1/s1. The van der Waals surface area contributed by atoms with Crippen molar-refractivity contribution in [2.45, 2.75) is 36.2 Å². The van der Waals surface area contributed by atoms with Gasteiger partial charge in [0.05, 0.1) is 22.1 Å². The first-order valence-electron chi connectivity index (χ1n) is 9.16. The number of carbonyl (C=O) groups excluding carboxylic acids is 1. The molecule has 6 N–H and O–H groups in total. The molecule has 2 aromatic rings. The van der Waals surface area contributed by atoms with E-state index in [9.17, 15) is 24.5 Å². The first-order valence-corrected chi connectivity index (χ1v) is 9.97. The molecule has 0 bridgehead atoms. The molecule has 162 valence electrons. The maximum Gasteiger partial charge on any atom is 0.255 e. The molecule has 10 heteroatoms. The third-order valence-corrected chi connectivity index (χ3v) is 6.52. The van der Waals surface area contributed by atoms with Crippen LogP contribution in [0.2, 0.25) is 0 Å². The lowest BCUT2D eigenvalue weighted by atomic mass is 9.88. The topological polar surface area (TPSA) is 152 Å². The van der Waals surface area contributed by atoms with Gasteiger partial charge < -0.3 is 26.4 Å². The van der Waals surface area contributed by atoms with Crippen molar-refractivity contribution in [2.75, 3.05) is 5.32 Å². The fourth-order valence-corrected chi connectivity index (χ4v) is 4.35. The number of carbonyl (C=O) groups is 1. The number of thioether (sulfide) groups is 1. The number of hydrogen-bond acceptors (Lipinski definition) is 8. The second-order valence-electron chi connectivity index (χ2n) is 7.78. The average Bonchev–Trinajstić information content (AvgIpc) is 2.67. The van der Waals surface area contributed by atoms with E-state index in [4.69, 9.17) is 11.0 Å². The minimum absolute atomic E-state index is 0.0132.